The van der Waals surface area contributed by atoms with Crippen LogP contribution in [0.4, 0.5) is 0 Å². The summed E-state index contributed by atoms with van der Waals surface area (Å²) in [7, 11) is 0. The molecule has 0 radical (unpaired) electrons. The number of carbonyl (C=O) groups is 1. The van der Waals surface area contributed by atoms with Crippen LogP contribution in [0.2, 0.25) is 0 Å². The van der Waals surface area contributed by atoms with Crippen molar-refractivity contribution in [1.82, 2.24) is 0 Å². The predicted octanol–water partition coefficient (Wildman–Crippen LogP) is 4.08. The van der Waals surface area contributed by atoms with Crippen molar-refractivity contribution < 1.29 is 9.53 Å². The van der Waals surface area contributed by atoms with Gasteiger partial charge in [-0.1, -0.05) is 32.1 Å². The van der Waals surface area contributed by atoms with Gasteiger partial charge in [0.1, 0.15) is 0 Å². The fourth-order valence-electron chi connectivity index (χ4n) is 1.88. The number of terminal acetylenes is 1. The number of ether oxygens (including phenoxy) is 1. The normalized spacial score (nSPS) is 11.8. The molecule has 2 heteroatoms. The van der Waals surface area contributed by atoms with Crippen LogP contribution in [-0.4, -0.2) is 12.1 Å². The van der Waals surface area contributed by atoms with E-state index in [1.807, 2.05) is 6.92 Å². The minimum Gasteiger partial charge on any atom is -0.463 e. The number of hydrogen-bond donors (Lipinski definition) is 0. The average Bonchev–Trinajstić information content (AvgIpc) is 2.26. The van der Waals surface area contributed by atoms with Gasteiger partial charge >= 0.3 is 5.97 Å². The summed E-state index contributed by atoms with van der Waals surface area (Å²) in [6, 6.07) is 0. The number of hydrogen-bond acceptors (Lipinski definition) is 2. The summed E-state index contributed by atoms with van der Waals surface area (Å²) in [5.74, 6) is 2.49. The van der Waals surface area contributed by atoms with Crippen LogP contribution >= 0.6 is 0 Å². The van der Waals surface area contributed by atoms with Crippen LogP contribution in [-0.2, 0) is 9.53 Å². The van der Waals surface area contributed by atoms with Crippen molar-refractivity contribution in [2.24, 2.45) is 0 Å². The topological polar surface area (TPSA) is 26.3 Å². The van der Waals surface area contributed by atoms with Gasteiger partial charge in [-0.3, -0.25) is 4.79 Å². The third-order valence-corrected chi connectivity index (χ3v) is 2.80. The molecule has 2 nitrogen and oxygen atoms in total. The molecule has 0 amide bonds. The molecular weight excluding hydrogens is 212 g/mol. The molecule has 0 aromatic heterocycles. The highest BCUT2D eigenvalue weighted by Gasteiger charge is 2.04. The average molecular weight is 238 g/mol. The van der Waals surface area contributed by atoms with E-state index < -0.39 is 0 Å². The Hall–Kier alpha value is -0.970. The maximum absolute atomic E-state index is 10.7. The molecule has 17 heavy (non-hydrogen) atoms. The standard InChI is InChI=1S/C15H26O2/c1-4-5-6-7-8-9-10-11-12-13-14(2)17-15(3)16/h1,14H,5-13H2,2-3H3/t14-/m1/s1. The molecule has 98 valence electrons. The number of esters is 1. The largest absolute Gasteiger partial charge is 0.463 e. The van der Waals surface area contributed by atoms with Gasteiger partial charge in [0.15, 0.2) is 0 Å². The van der Waals surface area contributed by atoms with Gasteiger partial charge in [0.05, 0.1) is 6.10 Å². The molecule has 0 saturated carbocycles. The Bertz CT molecular complexity index is 228. The zero-order valence-electron chi connectivity index (χ0n) is 11.3. The monoisotopic (exact) mass is 238 g/mol. The molecule has 0 heterocycles. The number of rotatable bonds is 10. The second-order valence-corrected chi connectivity index (χ2v) is 4.64. The first-order valence-electron chi connectivity index (χ1n) is 6.77. The Morgan fingerprint density at radius 2 is 1.65 bits per heavy atom. The first kappa shape index (κ1) is 16.0. The summed E-state index contributed by atoms with van der Waals surface area (Å²) in [6.45, 7) is 3.42. The highest BCUT2D eigenvalue weighted by atomic mass is 16.5. The number of carbonyl (C=O) groups excluding carboxylic acids is 1. The van der Waals surface area contributed by atoms with Crippen LogP contribution in [0.15, 0.2) is 0 Å². The molecule has 0 spiro atoms. The molecule has 0 N–H and O–H groups in total. The maximum Gasteiger partial charge on any atom is 0.302 e. The molecule has 0 aliphatic heterocycles. The highest BCUT2D eigenvalue weighted by molar-refractivity contribution is 5.66. The summed E-state index contributed by atoms with van der Waals surface area (Å²) in [5, 5.41) is 0. The minimum absolute atomic E-state index is 0.0723. The van der Waals surface area contributed by atoms with E-state index in [4.69, 9.17) is 11.2 Å². The van der Waals surface area contributed by atoms with Gasteiger partial charge in [0.25, 0.3) is 0 Å². The van der Waals surface area contributed by atoms with Crippen LogP contribution in [0, 0.1) is 12.3 Å². The van der Waals surface area contributed by atoms with Crippen molar-refractivity contribution in [3.05, 3.63) is 0 Å². The third kappa shape index (κ3) is 13.0. The van der Waals surface area contributed by atoms with Gasteiger partial charge < -0.3 is 4.74 Å². The molecule has 0 aliphatic carbocycles. The van der Waals surface area contributed by atoms with Crippen molar-refractivity contribution in [2.75, 3.05) is 0 Å². The van der Waals surface area contributed by atoms with Gasteiger partial charge in [-0.2, -0.15) is 0 Å². The summed E-state index contributed by atoms with van der Waals surface area (Å²) in [5.41, 5.74) is 0. The Labute approximate surface area is 106 Å². The molecule has 1 atom stereocenters. The fraction of sp³-hybridized carbons (Fsp3) is 0.800. The summed E-state index contributed by atoms with van der Waals surface area (Å²) >= 11 is 0. The lowest BCUT2D eigenvalue weighted by atomic mass is 10.1. The SMILES string of the molecule is C#CCCCCCCCCC[C@@H](C)OC(C)=O. The Morgan fingerprint density at radius 3 is 2.18 bits per heavy atom. The first-order valence-corrected chi connectivity index (χ1v) is 6.77. The lowest BCUT2D eigenvalue weighted by Gasteiger charge is -2.11. The van der Waals surface area contributed by atoms with E-state index in [9.17, 15) is 4.79 Å². The lowest BCUT2D eigenvalue weighted by Crippen LogP contribution is -2.11. The van der Waals surface area contributed by atoms with Crippen molar-refractivity contribution in [1.29, 1.82) is 0 Å². The van der Waals surface area contributed by atoms with Crippen LogP contribution in [0.25, 0.3) is 0 Å². The first-order chi connectivity index (χ1) is 8.16. The van der Waals surface area contributed by atoms with E-state index in [-0.39, 0.29) is 12.1 Å². The van der Waals surface area contributed by atoms with Crippen molar-refractivity contribution >= 4 is 5.97 Å². The minimum atomic E-state index is -0.175. The summed E-state index contributed by atoms with van der Waals surface area (Å²) < 4.78 is 5.06. The van der Waals surface area contributed by atoms with Gasteiger partial charge in [0.2, 0.25) is 0 Å². The Morgan fingerprint density at radius 1 is 1.12 bits per heavy atom. The zero-order valence-corrected chi connectivity index (χ0v) is 11.3. The molecule has 0 aromatic carbocycles. The lowest BCUT2D eigenvalue weighted by molar-refractivity contribution is -0.145. The molecular formula is C15H26O2. The van der Waals surface area contributed by atoms with Gasteiger partial charge in [-0.05, 0) is 26.2 Å². The van der Waals surface area contributed by atoms with E-state index in [0.29, 0.717) is 0 Å². The van der Waals surface area contributed by atoms with E-state index in [1.54, 1.807) is 0 Å². The fourth-order valence-corrected chi connectivity index (χ4v) is 1.88. The van der Waals surface area contributed by atoms with E-state index in [0.717, 1.165) is 19.3 Å². The molecule has 0 aromatic rings. The van der Waals surface area contributed by atoms with Crippen molar-refractivity contribution in [3.63, 3.8) is 0 Å². The zero-order chi connectivity index (χ0) is 12.9. The second-order valence-electron chi connectivity index (χ2n) is 4.64. The summed E-state index contributed by atoms with van der Waals surface area (Å²) in [4.78, 5) is 10.7. The van der Waals surface area contributed by atoms with Crippen molar-refractivity contribution in [2.45, 2.75) is 77.7 Å². The Kier molecular flexibility index (Phi) is 10.9. The van der Waals surface area contributed by atoms with Crippen LogP contribution in [0.3, 0.4) is 0 Å². The van der Waals surface area contributed by atoms with Crippen LogP contribution < -0.4 is 0 Å². The smallest absolute Gasteiger partial charge is 0.302 e. The van der Waals surface area contributed by atoms with E-state index in [1.165, 1.54) is 45.4 Å². The van der Waals surface area contributed by atoms with E-state index in [2.05, 4.69) is 5.92 Å². The molecule has 0 aliphatic rings. The van der Waals surface area contributed by atoms with E-state index >= 15 is 0 Å². The van der Waals surface area contributed by atoms with Gasteiger partial charge in [-0.15, -0.1) is 12.3 Å². The molecule has 0 fully saturated rings. The van der Waals surface area contributed by atoms with Crippen molar-refractivity contribution in [3.8, 4) is 12.3 Å². The maximum atomic E-state index is 10.7. The highest BCUT2D eigenvalue weighted by Crippen LogP contribution is 2.11. The van der Waals surface area contributed by atoms with Gasteiger partial charge in [0, 0.05) is 13.3 Å². The molecule has 0 saturated heterocycles. The number of unbranched alkanes of at least 4 members (excludes halogenated alkanes) is 7. The quantitative estimate of drug-likeness (QED) is 0.325. The molecule has 0 bridgehead atoms. The molecule has 0 rings (SSSR count). The summed E-state index contributed by atoms with van der Waals surface area (Å²) in [6.07, 6.45) is 15.8. The van der Waals surface area contributed by atoms with Crippen LogP contribution in [0.5, 0.6) is 0 Å². The van der Waals surface area contributed by atoms with Crippen LogP contribution in [0.1, 0.15) is 71.6 Å². The second kappa shape index (κ2) is 11.5. The van der Waals surface area contributed by atoms with Gasteiger partial charge in [-0.25, -0.2) is 0 Å². The molecule has 0 unspecified atom stereocenters. The Balaban J connectivity index is 3.13. The predicted molar refractivity (Wildman–Crippen MR) is 71.6 cm³/mol. The third-order valence-electron chi connectivity index (χ3n) is 2.80.